The molecule has 0 spiro atoms. The molecule has 6 aliphatic heterocycles. The fourth-order valence-electron chi connectivity index (χ4n) is 13.8. The molecule has 9 aromatic carbocycles. The molecule has 2 unspecified atom stereocenters. The van der Waals surface area contributed by atoms with Crippen LogP contribution in [0.4, 0.5) is 68.2 Å². The second-order valence-corrected chi connectivity index (χ2v) is 29.4. The fourth-order valence-corrected chi connectivity index (χ4v) is 23.3. The van der Waals surface area contributed by atoms with E-state index in [1.807, 2.05) is 0 Å². The van der Waals surface area contributed by atoms with Crippen LogP contribution < -0.4 is 60.2 Å². The standard InChI is InChI=1S/C64H54N4O2Si2/c1-35-11-19-43(20-12-35)65-47-27-39(5)29-49-59(47)71(9)61-51(65)31-41(7)33-53(61)69-57-58-64-56(55(63(57)71)67(49)45-23-15-37(3)16-24-45)68(46-25-17-38(4)18-26-46)50-30-40(6)28-48-60(50)72(64,10)62-52(32-42(8)34-54(62)70-58)66(48)44-21-13-36(2)14-22-44/h11-34H,1-10H3. The number of rotatable bonds is 4. The summed E-state index contributed by atoms with van der Waals surface area (Å²) in [6, 6.07) is 55.9. The summed E-state index contributed by atoms with van der Waals surface area (Å²) >= 11 is 0. The van der Waals surface area contributed by atoms with Crippen LogP contribution in [0.3, 0.4) is 0 Å². The molecule has 0 saturated carbocycles. The second kappa shape index (κ2) is 14.0. The Kier molecular flexibility index (Phi) is 8.15. The summed E-state index contributed by atoms with van der Waals surface area (Å²) in [5, 5.41) is 7.98. The van der Waals surface area contributed by atoms with Crippen LogP contribution >= 0.6 is 0 Å². The number of fused-ring (bicyclic) bond motifs is 2. The maximum Gasteiger partial charge on any atom is 0.172 e. The van der Waals surface area contributed by atoms with Crippen LogP contribution in [0.15, 0.2) is 146 Å². The van der Waals surface area contributed by atoms with Crippen LogP contribution in [-0.2, 0) is 0 Å². The molecule has 0 aliphatic carbocycles. The quantitative estimate of drug-likeness (QED) is 0.163. The molecule has 72 heavy (non-hydrogen) atoms. The molecule has 6 aliphatic rings. The number of aryl methyl sites for hydroxylation is 8. The highest BCUT2D eigenvalue weighted by Crippen LogP contribution is 2.61. The van der Waals surface area contributed by atoms with Crippen molar-refractivity contribution in [1.82, 2.24) is 0 Å². The van der Waals surface area contributed by atoms with Crippen LogP contribution in [0.2, 0.25) is 13.1 Å². The normalized spacial score (nSPS) is 18.4. The maximum atomic E-state index is 7.85. The van der Waals surface area contributed by atoms with Crippen LogP contribution in [0, 0.1) is 55.4 Å². The third-order valence-electron chi connectivity index (χ3n) is 16.8. The Morgan fingerprint density at radius 2 is 0.528 bits per heavy atom. The minimum atomic E-state index is -3.06. The summed E-state index contributed by atoms with van der Waals surface area (Å²) in [7, 11) is -6.13. The third kappa shape index (κ3) is 5.18. The van der Waals surface area contributed by atoms with E-state index < -0.39 is 16.1 Å². The van der Waals surface area contributed by atoms with Crippen molar-refractivity contribution in [2.75, 3.05) is 19.6 Å². The highest BCUT2D eigenvalue weighted by atomic mass is 28.3. The molecular formula is C64H54N4O2Si2. The molecule has 0 radical (unpaired) electrons. The molecular weight excluding hydrogens is 913 g/mol. The number of ether oxygens (including phenoxy) is 2. The zero-order valence-corrected chi connectivity index (χ0v) is 44.5. The molecule has 9 aromatic rings. The number of nitrogens with zero attached hydrogens (tertiary/aromatic N) is 4. The average Bonchev–Trinajstić information content (AvgIpc) is 3.33. The topological polar surface area (TPSA) is 31.4 Å². The van der Waals surface area contributed by atoms with E-state index in [1.165, 1.54) is 110 Å². The van der Waals surface area contributed by atoms with Gasteiger partial charge in [-0.1, -0.05) is 83.9 Å². The zero-order valence-electron chi connectivity index (χ0n) is 42.5. The van der Waals surface area contributed by atoms with Crippen LogP contribution in [0.25, 0.3) is 0 Å². The van der Waals surface area contributed by atoms with Gasteiger partial charge in [0.1, 0.15) is 11.5 Å². The first kappa shape index (κ1) is 41.9. The lowest BCUT2D eigenvalue weighted by Crippen LogP contribution is -2.76. The van der Waals surface area contributed by atoms with Gasteiger partial charge in [-0.15, -0.1) is 0 Å². The Labute approximate surface area is 424 Å². The summed E-state index contributed by atoms with van der Waals surface area (Å²) < 4.78 is 15.7. The number of anilines is 12. The fraction of sp³-hybridized carbons (Fsp3) is 0.156. The van der Waals surface area contributed by atoms with Gasteiger partial charge in [-0.25, -0.2) is 0 Å². The lowest BCUT2D eigenvalue weighted by molar-refractivity contribution is 0.423. The van der Waals surface area contributed by atoms with Crippen molar-refractivity contribution in [2.45, 2.75) is 68.5 Å². The van der Waals surface area contributed by atoms with Crippen molar-refractivity contribution >= 4 is 116 Å². The average molecular weight is 967 g/mol. The van der Waals surface area contributed by atoms with Gasteiger partial charge < -0.3 is 29.1 Å². The van der Waals surface area contributed by atoms with E-state index in [-0.39, 0.29) is 0 Å². The van der Waals surface area contributed by atoms with Crippen molar-refractivity contribution in [1.29, 1.82) is 0 Å². The highest BCUT2D eigenvalue weighted by Gasteiger charge is 2.63. The Balaban J connectivity index is 1.16. The van der Waals surface area contributed by atoms with Gasteiger partial charge >= 0.3 is 0 Å². The molecule has 6 heterocycles. The SMILES string of the molecule is Cc1ccc(N2c3cc(C)cc4c3[Si]3(C)c5c2cc(C)cc5N(c2ccc(C)cc2)c2c5c6c(c(c23)O4)Oc2cc(C)cc3c2[Si]6(C)c2c(cc(C)cc2N5c2ccc(C)cc2)N3c2ccc(C)cc2)cc1. The van der Waals surface area contributed by atoms with Crippen molar-refractivity contribution < 1.29 is 9.47 Å². The monoisotopic (exact) mass is 966 g/mol. The van der Waals surface area contributed by atoms with Gasteiger partial charge in [0, 0.05) is 66.2 Å². The lowest BCUT2D eigenvalue weighted by Gasteiger charge is -2.56. The largest absolute Gasteiger partial charge is 0.453 e. The molecule has 0 fully saturated rings. The Hall–Kier alpha value is -7.79. The van der Waals surface area contributed by atoms with Crippen LogP contribution in [-0.4, -0.2) is 16.1 Å². The lowest BCUT2D eigenvalue weighted by atomic mass is 10.0. The molecule has 0 saturated heterocycles. The maximum absolute atomic E-state index is 7.85. The highest BCUT2D eigenvalue weighted by molar-refractivity contribution is 7.18. The Bertz CT molecular complexity index is 3690. The van der Waals surface area contributed by atoms with Crippen molar-refractivity contribution in [3.05, 3.63) is 190 Å². The van der Waals surface area contributed by atoms with Crippen LogP contribution in [0.5, 0.6) is 23.0 Å². The molecule has 8 heteroatoms. The van der Waals surface area contributed by atoms with E-state index in [1.54, 1.807) is 0 Å². The smallest absolute Gasteiger partial charge is 0.172 e. The molecule has 0 N–H and O–H groups in total. The minimum absolute atomic E-state index is 0.879. The van der Waals surface area contributed by atoms with Gasteiger partial charge in [-0.05, 0) is 185 Å². The number of hydrogen-bond donors (Lipinski definition) is 0. The molecule has 0 amide bonds. The first-order valence-electron chi connectivity index (χ1n) is 25.4. The summed E-state index contributed by atoms with van der Waals surface area (Å²) in [6.07, 6.45) is 0. The Morgan fingerprint density at radius 3 is 0.833 bits per heavy atom. The van der Waals surface area contributed by atoms with E-state index in [0.29, 0.717) is 0 Å². The predicted octanol–water partition coefficient (Wildman–Crippen LogP) is 13.7. The second-order valence-electron chi connectivity index (χ2n) is 21.9. The molecule has 6 nitrogen and oxygen atoms in total. The first-order chi connectivity index (χ1) is 34.7. The zero-order chi connectivity index (χ0) is 49.0. The first-order valence-corrected chi connectivity index (χ1v) is 30.4. The van der Waals surface area contributed by atoms with E-state index >= 15 is 0 Å². The molecule has 350 valence electrons. The number of hydrogen-bond acceptors (Lipinski definition) is 6. The molecule has 15 rings (SSSR count). The molecule has 2 atom stereocenters. The van der Waals surface area contributed by atoms with Crippen molar-refractivity contribution in [3.63, 3.8) is 0 Å². The minimum Gasteiger partial charge on any atom is -0.453 e. The van der Waals surface area contributed by atoms with E-state index in [2.05, 4.69) is 234 Å². The van der Waals surface area contributed by atoms with Gasteiger partial charge in [0.15, 0.2) is 27.6 Å². The van der Waals surface area contributed by atoms with Crippen molar-refractivity contribution in [2.24, 2.45) is 0 Å². The van der Waals surface area contributed by atoms with Gasteiger partial charge in [0.25, 0.3) is 0 Å². The Morgan fingerprint density at radius 1 is 0.278 bits per heavy atom. The molecule has 0 bridgehead atoms. The molecule has 0 aromatic heterocycles. The van der Waals surface area contributed by atoms with Gasteiger partial charge in [0.2, 0.25) is 0 Å². The van der Waals surface area contributed by atoms with Gasteiger partial charge in [0.05, 0.1) is 22.7 Å². The van der Waals surface area contributed by atoms with Crippen molar-refractivity contribution in [3.8, 4) is 23.0 Å². The summed E-state index contributed by atoms with van der Waals surface area (Å²) in [6.45, 7) is 23.0. The van der Waals surface area contributed by atoms with Gasteiger partial charge in [-0.2, -0.15) is 0 Å². The summed E-state index contributed by atoms with van der Waals surface area (Å²) in [5.41, 5.74) is 24.0. The van der Waals surface area contributed by atoms with Gasteiger partial charge in [-0.3, -0.25) is 0 Å². The summed E-state index contributed by atoms with van der Waals surface area (Å²) in [5.74, 6) is 3.64. The third-order valence-corrected chi connectivity index (χ3v) is 25.7. The predicted molar refractivity (Wildman–Crippen MR) is 304 cm³/mol. The van der Waals surface area contributed by atoms with E-state index in [0.717, 1.165) is 56.9 Å². The number of benzene rings is 9. The van der Waals surface area contributed by atoms with E-state index in [9.17, 15) is 0 Å². The summed E-state index contributed by atoms with van der Waals surface area (Å²) in [4.78, 5) is 10.4. The van der Waals surface area contributed by atoms with Crippen LogP contribution in [0.1, 0.15) is 44.5 Å². The van der Waals surface area contributed by atoms with E-state index in [4.69, 9.17) is 9.47 Å².